The molecule has 1 unspecified atom stereocenters. The van der Waals surface area contributed by atoms with Gasteiger partial charge in [0.15, 0.2) is 5.82 Å². The summed E-state index contributed by atoms with van der Waals surface area (Å²) in [5, 5.41) is 23.3. The summed E-state index contributed by atoms with van der Waals surface area (Å²) in [5.74, 6) is -16.7. The average molecular weight is 834 g/mol. The number of halogens is 4. The molecule has 12 nitrogen and oxygen atoms in total. The predicted molar refractivity (Wildman–Crippen MR) is 217 cm³/mol. The van der Waals surface area contributed by atoms with Crippen molar-refractivity contribution in [3.05, 3.63) is 89.2 Å². The topological polar surface area (TPSA) is 192 Å². The van der Waals surface area contributed by atoms with Crippen LogP contribution in [0.1, 0.15) is 79.7 Å². The normalized spacial score (nSPS) is 19.9. The lowest BCUT2D eigenvalue weighted by Crippen LogP contribution is -2.54. The summed E-state index contributed by atoms with van der Waals surface area (Å²) in [4.78, 5) is 54.9. The zero-order valence-corrected chi connectivity index (χ0v) is 33.8. The number of carboxylic acid groups (broad SMARTS) is 1. The first kappa shape index (κ1) is 44.1. The second kappa shape index (κ2) is 18.0. The van der Waals surface area contributed by atoms with Crippen LogP contribution in [0.25, 0.3) is 22.5 Å². The summed E-state index contributed by atoms with van der Waals surface area (Å²) < 4.78 is 56.0. The third-order valence-corrected chi connectivity index (χ3v) is 12.0. The number of Topliss-reactive ketones (excluding diaryl/α,β-unsaturated/α-hetero) is 1. The number of nitrogens with two attached hydrogens (primary N) is 1. The number of hydrogen-bond donors (Lipinski definition) is 6. The van der Waals surface area contributed by atoms with Gasteiger partial charge in [0.05, 0.1) is 0 Å². The van der Waals surface area contributed by atoms with Crippen LogP contribution in [-0.4, -0.2) is 75.5 Å². The van der Waals surface area contributed by atoms with Gasteiger partial charge in [-0.05, 0) is 129 Å². The van der Waals surface area contributed by atoms with E-state index in [2.05, 4.69) is 39.9 Å². The summed E-state index contributed by atoms with van der Waals surface area (Å²) >= 11 is 0. The molecule has 320 valence electrons. The van der Waals surface area contributed by atoms with Gasteiger partial charge < -0.3 is 26.8 Å². The lowest BCUT2D eigenvalue weighted by Gasteiger charge is -2.39. The molecule has 2 atom stereocenters. The molecule has 16 heteroatoms. The number of piperidine rings is 1. The third-order valence-electron chi connectivity index (χ3n) is 12.0. The lowest BCUT2D eigenvalue weighted by atomic mass is 9.77. The molecule has 2 fully saturated rings. The van der Waals surface area contributed by atoms with Crippen LogP contribution >= 0.6 is 0 Å². The Morgan fingerprint density at radius 1 is 0.933 bits per heavy atom. The highest BCUT2D eigenvalue weighted by atomic mass is 19.3. The van der Waals surface area contributed by atoms with E-state index >= 15 is 0 Å². The molecule has 0 spiro atoms. The fourth-order valence-corrected chi connectivity index (χ4v) is 8.06. The largest absolute Gasteiger partial charge is 0.477 e. The van der Waals surface area contributed by atoms with Gasteiger partial charge in [-0.25, -0.2) is 9.78 Å². The summed E-state index contributed by atoms with van der Waals surface area (Å²) in [6.45, 7) is 8.49. The molecular weight excluding hydrogens is 783 g/mol. The molecule has 3 aromatic carbocycles. The molecule has 7 N–H and O–H groups in total. The zero-order chi connectivity index (χ0) is 43.4. The second-order valence-electron chi connectivity index (χ2n) is 16.8. The highest BCUT2D eigenvalue weighted by molar-refractivity contribution is 5.97. The summed E-state index contributed by atoms with van der Waals surface area (Å²) in [6, 6.07) is 19.1. The SMILES string of the molecule is Cc1cc(C(=O)NC2CCNCC2(C)C)ccc1-c1ccc(C[C@H](CC(=O)C2CCC(CN)CC2)C(=O)Nc2ccc(-c3n[nH]c(C(F)(F)C(F)(F)C(=O)O)n3)cc2)cc1. The second-order valence-corrected chi connectivity index (χ2v) is 16.8. The number of anilines is 1. The maximum Gasteiger partial charge on any atom is 0.411 e. The number of alkyl halides is 4. The van der Waals surface area contributed by atoms with E-state index in [0.717, 1.165) is 54.6 Å². The number of aromatic amines is 1. The minimum Gasteiger partial charge on any atom is -0.477 e. The molecular formula is C44H51F4N7O5. The number of rotatable bonds is 15. The standard InChI is InChI=1S/C44H51F4N7O5/c1-25-20-31(38(57)52-36-18-19-50-24-42(36,2)3)14-17-34(25)28-8-4-26(5-9-28)21-32(22-35(56)29-10-6-27(23-49)7-11-29)39(58)51-33-15-12-30(13-16-33)37-53-40(55-54-37)43(45,46)44(47,48)41(59)60/h4-5,8-9,12-17,20,27,29,32,36,50H,6-7,10-11,18-19,21-24,49H2,1-3H3,(H,51,58)(H,52,57)(H,59,60)(H,53,54,55)/t27?,29?,32-,36?/m1/s1. The van der Waals surface area contributed by atoms with Gasteiger partial charge in [0.25, 0.3) is 5.91 Å². The Morgan fingerprint density at radius 2 is 1.60 bits per heavy atom. The van der Waals surface area contributed by atoms with Gasteiger partial charge in [-0.15, -0.1) is 0 Å². The van der Waals surface area contributed by atoms with E-state index in [0.29, 0.717) is 36.6 Å². The molecule has 1 aromatic heterocycles. The van der Waals surface area contributed by atoms with Crippen molar-refractivity contribution in [2.75, 3.05) is 25.0 Å². The van der Waals surface area contributed by atoms with Gasteiger partial charge in [-0.3, -0.25) is 19.5 Å². The molecule has 1 aliphatic carbocycles. The van der Waals surface area contributed by atoms with E-state index in [1.165, 1.54) is 24.3 Å². The Labute approximate surface area is 345 Å². The van der Waals surface area contributed by atoms with Crippen LogP contribution < -0.4 is 21.7 Å². The van der Waals surface area contributed by atoms with Gasteiger partial charge in [-0.2, -0.15) is 22.7 Å². The maximum absolute atomic E-state index is 14.3. The predicted octanol–water partition coefficient (Wildman–Crippen LogP) is 6.90. The lowest BCUT2D eigenvalue weighted by molar-refractivity contribution is -0.231. The third kappa shape index (κ3) is 9.76. The molecule has 0 bridgehead atoms. The molecule has 2 aliphatic rings. The number of carboxylic acids is 1. The number of H-pyrrole nitrogens is 1. The minimum absolute atomic E-state index is 0.00625. The number of hydrogen-bond acceptors (Lipinski definition) is 8. The molecule has 2 heterocycles. The Hall–Kier alpha value is -5.48. The summed E-state index contributed by atoms with van der Waals surface area (Å²) in [6.07, 6.45) is 4.25. The van der Waals surface area contributed by atoms with Crippen LogP contribution in [-0.2, 0) is 26.7 Å². The van der Waals surface area contributed by atoms with Crippen molar-refractivity contribution in [3.63, 3.8) is 0 Å². The van der Waals surface area contributed by atoms with Gasteiger partial charge in [0.2, 0.25) is 11.7 Å². The molecule has 6 rings (SSSR count). The Morgan fingerprint density at radius 3 is 2.22 bits per heavy atom. The van der Waals surface area contributed by atoms with Crippen LogP contribution in [0, 0.1) is 30.1 Å². The first-order chi connectivity index (χ1) is 28.4. The highest BCUT2D eigenvalue weighted by Gasteiger charge is 2.65. The van der Waals surface area contributed by atoms with Crippen molar-refractivity contribution in [1.82, 2.24) is 25.8 Å². The number of amides is 2. The van der Waals surface area contributed by atoms with E-state index < -0.39 is 41.3 Å². The van der Waals surface area contributed by atoms with E-state index in [9.17, 15) is 36.7 Å². The molecule has 60 heavy (non-hydrogen) atoms. The number of nitrogens with zero attached hydrogens (tertiary/aromatic N) is 2. The minimum atomic E-state index is -5.43. The number of carbonyl (C=O) groups excluding carboxylic acids is 3. The average Bonchev–Trinajstić information content (AvgIpc) is 3.73. The van der Waals surface area contributed by atoms with E-state index in [4.69, 9.17) is 10.8 Å². The van der Waals surface area contributed by atoms with Gasteiger partial charge >= 0.3 is 17.8 Å². The maximum atomic E-state index is 14.3. The number of ketones is 1. The Kier molecular flexibility index (Phi) is 13.2. The molecule has 1 aliphatic heterocycles. The van der Waals surface area contributed by atoms with E-state index in [-0.39, 0.29) is 47.5 Å². The van der Waals surface area contributed by atoms with Crippen LogP contribution in [0.15, 0.2) is 66.7 Å². The molecule has 1 saturated heterocycles. The van der Waals surface area contributed by atoms with Crippen molar-refractivity contribution in [2.45, 2.75) is 83.6 Å². The Bertz CT molecular complexity index is 2190. The first-order valence-corrected chi connectivity index (χ1v) is 20.2. The number of aromatic nitrogens is 3. The first-order valence-electron chi connectivity index (χ1n) is 20.2. The van der Waals surface area contributed by atoms with Crippen LogP contribution in [0.5, 0.6) is 0 Å². The Balaban J connectivity index is 1.15. The summed E-state index contributed by atoms with van der Waals surface area (Å²) in [7, 11) is 0. The monoisotopic (exact) mass is 833 g/mol. The summed E-state index contributed by atoms with van der Waals surface area (Å²) in [5.41, 5.74) is 10.5. The van der Waals surface area contributed by atoms with E-state index in [1.807, 2.05) is 49.4 Å². The smallest absolute Gasteiger partial charge is 0.411 e. The quantitative estimate of drug-likeness (QED) is 0.0692. The van der Waals surface area contributed by atoms with Crippen molar-refractivity contribution >= 4 is 29.3 Å². The zero-order valence-electron chi connectivity index (χ0n) is 33.8. The van der Waals surface area contributed by atoms with Gasteiger partial charge in [0.1, 0.15) is 5.78 Å². The van der Waals surface area contributed by atoms with Crippen molar-refractivity contribution in [3.8, 4) is 22.5 Å². The van der Waals surface area contributed by atoms with Crippen molar-refractivity contribution in [1.29, 1.82) is 0 Å². The van der Waals surface area contributed by atoms with Crippen molar-refractivity contribution < 1.29 is 41.8 Å². The van der Waals surface area contributed by atoms with Crippen LogP contribution in [0.4, 0.5) is 23.2 Å². The molecule has 2 amide bonds. The number of benzene rings is 3. The van der Waals surface area contributed by atoms with E-state index in [1.54, 1.807) is 5.10 Å². The van der Waals surface area contributed by atoms with Crippen molar-refractivity contribution in [2.24, 2.45) is 28.9 Å². The fraction of sp³-hybridized carbons (Fsp3) is 0.455. The molecule has 0 radical (unpaired) electrons. The number of aryl methyl sites for hydroxylation is 1. The van der Waals surface area contributed by atoms with Gasteiger partial charge in [-0.1, -0.05) is 44.2 Å². The molecule has 1 saturated carbocycles. The fourth-order valence-electron chi connectivity index (χ4n) is 8.06. The number of aliphatic carboxylic acids is 1. The van der Waals surface area contributed by atoms with Crippen LogP contribution in [0.3, 0.4) is 0 Å². The number of nitrogens with one attached hydrogen (secondary N) is 4. The highest BCUT2D eigenvalue weighted by Crippen LogP contribution is 2.42. The molecule has 4 aromatic rings. The van der Waals surface area contributed by atoms with Crippen LogP contribution in [0.2, 0.25) is 0 Å². The number of carbonyl (C=O) groups is 4. The van der Waals surface area contributed by atoms with Gasteiger partial charge in [0, 0.05) is 47.7 Å².